The van der Waals surface area contributed by atoms with E-state index in [-0.39, 0.29) is 24.3 Å². The minimum absolute atomic E-state index is 0.0631. The van der Waals surface area contributed by atoms with Gasteiger partial charge in [0.1, 0.15) is 18.0 Å². The van der Waals surface area contributed by atoms with Gasteiger partial charge in [-0.3, -0.25) is 4.79 Å². The van der Waals surface area contributed by atoms with Crippen LogP contribution in [0.3, 0.4) is 0 Å². The molecule has 0 spiro atoms. The van der Waals surface area contributed by atoms with Crippen molar-refractivity contribution in [3.05, 3.63) is 53.6 Å². The van der Waals surface area contributed by atoms with Crippen LogP contribution in [0, 0.1) is 0 Å². The third-order valence-electron chi connectivity index (χ3n) is 4.91. The Balaban J connectivity index is 1.67. The maximum absolute atomic E-state index is 13.7. The molecule has 1 aliphatic rings. The number of nitrogens with one attached hydrogen (secondary N) is 1. The van der Waals surface area contributed by atoms with Gasteiger partial charge in [-0.15, -0.1) is 0 Å². The number of carbonyl (C=O) groups is 2. The lowest BCUT2D eigenvalue weighted by Gasteiger charge is -2.38. The number of hydrogen-bond donors (Lipinski definition) is 1. The predicted molar refractivity (Wildman–Crippen MR) is 117 cm³/mol. The second-order valence-corrected chi connectivity index (χ2v) is 9.08. The summed E-state index contributed by atoms with van der Waals surface area (Å²) in [6.07, 6.45) is -5.42. The summed E-state index contributed by atoms with van der Waals surface area (Å²) in [6.45, 7) is 3.45. The van der Waals surface area contributed by atoms with Gasteiger partial charge in [-0.2, -0.15) is 13.2 Å². The van der Waals surface area contributed by atoms with Gasteiger partial charge in [0.25, 0.3) is 11.8 Å². The van der Waals surface area contributed by atoms with Crippen LogP contribution in [-0.2, 0) is 10.9 Å². The number of alkyl carbamates (subject to hydrolysis) is 1. The highest BCUT2D eigenvalue weighted by Gasteiger charge is 2.46. The van der Waals surface area contributed by atoms with Gasteiger partial charge in [0.15, 0.2) is 0 Å². The first kappa shape index (κ1) is 26.2. The van der Waals surface area contributed by atoms with Crippen LogP contribution in [0.4, 0.5) is 26.7 Å². The summed E-state index contributed by atoms with van der Waals surface area (Å²) in [5.41, 5.74) is -0.919. The lowest BCUT2D eigenvalue weighted by atomic mass is 10.00. The fourth-order valence-electron chi connectivity index (χ4n) is 3.33. The number of likely N-dealkylation sites (tertiary alicyclic amines) is 1. The summed E-state index contributed by atoms with van der Waals surface area (Å²) < 4.78 is 77.2. The first-order valence-electron chi connectivity index (χ1n) is 10.7. The molecule has 0 bridgehead atoms. The van der Waals surface area contributed by atoms with E-state index in [4.69, 9.17) is 9.47 Å². The maximum Gasteiger partial charge on any atom is 0.419 e. The SMILES string of the molecule is CC(C)(C)OC(=O)NCCOc1ccc(-c2ccc(C(=O)N3CC(F)(F)C3)cc2)cc1C(F)(F)F. The topological polar surface area (TPSA) is 67.9 Å². The van der Waals surface area contributed by atoms with Crippen LogP contribution in [0.15, 0.2) is 42.5 Å². The molecular formula is C24H25F5N2O4. The summed E-state index contributed by atoms with van der Waals surface area (Å²) in [6, 6.07) is 9.19. The van der Waals surface area contributed by atoms with E-state index < -0.39 is 54.1 Å². The number of ether oxygens (including phenoxy) is 2. The summed E-state index contributed by atoms with van der Waals surface area (Å²) in [5.74, 6) is -3.86. The summed E-state index contributed by atoms with van der Waals surface area (Å²) in [7, 11) is 0. The molecule has 0 saturated carbocycles. The number of nitrogens with zero attached hydrogens (tertiary/aromatic N) is 1. The Morgan fingerprint density at radius 2 is 1.60 bits per heavy atom. The van der Waals surface area contributed by atoms with Crippen LogP contribution < -0.4 is 10.1 Å². The second-order valence-electron chi connectivity index (χ2n) is 9.08. The highest BCUT2D eigenvalue weighted by molar-refractivity contribution is 5.95. The minimum atomic E-state index is -4.71. The Bertz CT molecular complexity index is 1070. The standard InChI is InChI=1S/C24H25F5N2O4/c1-22(2,3)35-21(33)30-10-11-34-19-9-8-17(12-18(19)24(27,28)29)15-4-6-16(7-5-15)20(32)31-13-23(25,26)14-31/h4-9,12H,10-11,13-14H2,1-3H3,(H,30,33). The number of rotatable bonds is 6. The van der Waals surface area contributed by atoms with E-state index in [9.17, 15) is 31.5 Å². The number of benzene rings is 2. The Hall–Kier alpha value is -3.37. The molecule has 6 nitrogen and oxygen atoms in total. The van der Waals surface area contributed by atoms with Crippen molar-refractivity contribution in [2.75, 3.05) is 26.2 Å². The van der Waals surface area contributed by atoms with Gasteiger partial charge in [-0.1, -0.05) is 18.2 Å². The molecule has 0 atom stereocenters. The zero-order chi connectivity index (χ0) is 26.0. The van der Waals surface area contributed by atoms with Crippen LogP contribution in [0.5, 0.6) is 5.75 Å². The van der Waals surface area contributed by atoms with Gasteiger partial charge in [0.05, 0.1) is 25.2 Å². The van der Waals surface area contributed by atoms with Gasteiger partial charge in [0, 0.05) is 5.56 Å². The van der Waals surface area contributed by atoms with Crippen molar-refractivity contribution in [1.82, 2.24) is 10.2 Å². The van der Waals surface area contributed by atoms with Crippen molar-refractivity contribution in [1.29, 1.82) is 0 Å². The van der Waals surface area contributed by atoms with E-state index in [0.29, 0.717) is 5.56 Å². The molecule has 1 aliphatic heterocycles. The summed E-state index contributed by atoms with van der Waals surface area (Å²) in [5, 5.41) is 2.40. The first-order chi connectivity index (χ1) is 16.1. The maximum atomic E-state index is 13.7. The minimum Gasteiger partial charge on any atom is -0.491 e. The van der Waals surface area contributed by atoms with Gasteiger partial charge in [-0.05, 0) is 56.2 Å². The average molecular weight is 500 g/mol. The Morgan fingerprint density at radius 1 is 1.00 bits per heavy atom. The van der Waals surface area contributed by atoms with Gasteiger partial charge < -0.3 is 19.7 Å². The molecule has 1 fully saturated rings. The predicted octanol–water partition coefficient (Wildman–Crippen LogP) is 5.37. The molecule has 190 valence electrons. The fraction of sp³-hybridized carbons (Fsp3) is 0.417. The Kier molecular flexibility index (Phi) is 7.28. The van der Waals surface area contributed by atoms with Gasteiger partial charge in [0.2, 0.25) is 0 Å². The van der Waals surface area contributed by atoms with Gasteiger partial charge in [-0.25, -0.2) is 13.6 Å². The highest BCUT2D eigenvalue weighted by atomic mass is 19.4. The van der Waals surface area contributed by atoms with E-state index in [1.807, 2.05) is 0 Å². The molecule has 2 aromatic carbocycles. The van der Waals surface area contributed by atoms with Crippen molar-refractivity contribution in [3.8, 4) is 16.9 Å². The van der Waals surface area contributed by atoms with E-state index >= 15 is 0 Å². The second kappa shape index (κ2) is 9.71. The largest absolute Gasteiger partial charge is 0.491 e. The van der Waals surface area contributed by atoms with Crippen LogP contribution >= 0.6 is 0 Å². The smallest absolute Gasteiger partial charge is 0.419 e. The van der Waals surface area contributed by atoms with Gasteiger partial charge >= 0.3 is 12.3 Å². The molecule has 3 rings (SSSR count). The van der Waals surface area contributed by atoms with Crippen LogP contribution in [0.2, 0.25) is 0 Å². The molecule has 2 amide bonds. The van der Waals surface area contributed by atoms with E-state index in [2.05, 4.69) is 5.32 Å². The molecule has 35 heavy (non-hydrogen) atoms. The fourth-order valence-corrected chi connectivity index (χ4v) is 3.33. The number of halogens is 5. The monoisotopic (exact) mass is 500 g/mol. The lowest BCUT2D eigenvalue weighted by Crippen LogP contribution is -2.58. The third-order valence-corrected chi connectivity index (χ3v) is 4.91. The number of carbonyl (C=O) groups excluding carboxylic acids is 2. The quantitative estimate of drug-likeness (QED) is 0.428. The van der Waals surface area contributed by atoms with Crippen molar-refractivity contribution in [2.45, 2.75) is 38.5 Å². The number of hydrogen-bond acceptors (Lipinski definition) is 4. The molecule has 2 aromatic rings. The summed E-state index contributed by atoms with van der Waals surface area (Å²) >= 11 is 0. The Labute approximate surface area is 199 Å². The van der Waals surface area contributed by atoms with Crippen molar-refractivity contribution >= 4 is 12.0 Å². The van der Waals surface area contributed by atoms with Crippen molar-refractivity contribution in [3.63, 3.8) is 0 Å². The molecule has 0 unspecified atom stereocenters. The van der Waals surface area contributed by atoms with E-state index in [1.165, 1.54) is 36.4 Å². The molecule has 1 saturated heterocycles. The van der Waals surface area contributed by atoms with Crippen LogP contribution in [0.25, 0.3) is 11.1 Å². The normalized spacial score (nSPS) is 15.3. The third kappa shape index (κ3) is 7.06. The zero-order valence-corrected chi connectivity index (χ0v) is 19.3. The number of amides is 2. The zero-order valence-electron chi connectivity index (χ0n) is 19.3. The van der Waals surface area contributed by atoms with E-state index in [1.54, 1.807) is 20.8 Å². The molecule has 1 N–H and O–H groups in total. The van der Waals surface area contributed by atoms with Crippen molar-refractivity contribution in [2.24, 2.45) is 0 Å². The summed E-state index contributed by atoms with van der Waals surface area (Å²) in [4.78, 5) is 24.8. The van der Waals surface area contributed by atoms with Crippen LogP contribution in [0.1, 0.15) is 36.7 Å². The molecule has 0 aliphatic carbocycles. The Morgan fingerprint density at radius 3 is 2.14 bits per heavy atom. The molecule has 0 aromatic heterocycles. The molecule has 11 heteroatoms. The average Bonchev–Trinajstić information content (AvgIpc) is 2.73. The van der Waals surface area contributed by atoms with Crippen LogP contribution in [-0.4, -0.2) is 54.7 Å². The number of alkyl halides is 5. The van der Waals surface area contributed by atoms with Crippen molar-refractivity contribution < 1.29 is 41.0 Å². The lowest BCUT2D eigenvalue weighted by molar-refractivity contribution is -0.138. The van der Waals surface area contributed by atoms with E-state index in [0.717, 1.165) is 11.0 Å². The highest BCUT2D eigenvalue weighted by Crippen LogP contribution is 2.39. The molecular weight excluding hydrogens is 475 g/mol. The molecule has 0 radical (unpaired) electrons. The molecule has 1 heterocycles. The first-order valence-corrected chi connectivity index (χ1v) is 10.7.